The molecule has 208 valence electrons. The third-order valence-corrected chi connectivity index (χ3v) is 7.11. The van der Waals surface area contributed by atoms with Crippen LogP contribution in [0.4, 0.5) is 0 Å². The molecule has 0 bridgehead atoms. The van der Waals surface area contributed by atoms with E-state index in [4.69, 9.17) is 0 Å². The van der Waals surface area contributed by atoms with Gasteiger partial charge in [-0.25, -0.2) is 0 Å². The molecule has 8 heteroatoms. The fourth-order valence-corrected chi connectivity index (χ4v) is 5.17. The van der Waals surface area contributed by atoms with Crippen molar-refractivity contribution in [3.63, 3.8) is 0 Å². The summed E-state index contributed by atoms with van der Waals surface area (Å²) in [6.45, 7) is 9.81. The van der Waals surface area contributed by atoms with Gasteiger partial charge in [-0.2, -0.15) is 0 Å². The molecule has 38 heavy (non-hydrogen) atoms. The quantitative estimate of drug-likeness (QED) is 0.606. The monoisotopic (exact) mass is 522 g/mol. The summed E-state index contributed by atoms with van der Waals surface area (Å²) in [5.41, 5.74) is 2.16. The number of nitrogens with zero attached hydrogens (tertiary/aromatic N) is 4. The van der Waals surface area contributed by atoms with Crippen molar-refractivity contribution in [2.75, 3.05) is 67.5 Å². The van der Waals surface area contributed by atoms with Gasteiger partial charge < -0.3 is 20.4 Å². The predicted octanol–water partition coefficient (Wildman–Crippen LogP) is 2.22. The number of piperazine rings is 2. The van der Waals surface area contributed by atoms with Gasteiger partial charge in [-0.1, -0.05) is 60.7 Å². The Labute approximate surface area is 229 Å². The van der Waals surface area contributed by atoms with E-state index in [1.807, 2.05) is 88.9 Å². The van der Waals surface area contributed by atoms with E-state index in [0.717, 1.165) is 50.4 Å². The second-order valence-electron chi connectivity index (χ2n) is 10.8. The van der Waals surface area contributed by atoms with Gasteiger partial charge in [0.25, 0.3) is 0 Å². The van der Waals surface area contributed by atoms with Crippen molar-refractivity contribution in [1.82, 2.24) is 30.2 Å². The Kier molecular flexibility index (Phi) is 11.3. The first kappa shape index (κ1) is 29.8. The molecule has 0 unspecified atom stereocenters. The van der Waals surface area contributed by atoms with E-state index < -0.39 is 0 Å². The van der Waals surface area contributed by atoms with Crippen LogP contribution in [0.3, 0.4) is 0 Å². The van der Waals surface area contributed by atoms with Crippen LogP contribution in [0.1, 0.15) is 37.1 Å². The van der Waals surface area contributed by atoms with Crippen molar-refractivity contribution >= 4 is 11.8 Å². The largest absolute Gasteiger partial charge is 0.347 e. The second-order valence-corrected chi connectivity index (χ2v) is 10.8. The number of benzene rings is 2. The Balaban J connectivity index is 0.000000211. The third-order valence-electron chi connectivity index (χ3n) is 7.11. The van der Waals surface area contributed by atoms with E-state index in [1.165, 1.54) is 0 Å². The minimum Gasteiger partial charge on any atom is -0.347 e. The molecule has 0 radical (unpaired) electrons. The molecule has 2 amide bonds. The molecule has 4 atom stereocenters. The number of amides is 2. The van der Waals surface area contributed by atoms with E-state index in [2.05, 4.69) is 34.3 Å². The Morgan fingerprint density at radius 3 is 1.32 bits per heavy atom. The zero-order valence-electron chi connectivity index (χ0n) is 23.9. The van der Waals surface area contributed by atoms with E-state index in [-0.39, 0.29) is 23.9 Å². The molecule has 2 aliphatic heterocycles. The molecule has 0 aliphatic carbocycles. The van der Waals surface area contributed by atoms with Gasteiger partial charge in [-0.05, 0) is 25.0 Å². The molecule has 2 fully saturated rings. The summed E-state index contributed by atoms with van der Waals surface area (Å²) in [5.74, 6) is 0.306. The van der Waals surface area contributed by atoms with Crippen molar-refractivity contribution in [2.45, 2.75) is 38.0 Å². The van der Waals surface area contributed by atoms with E-state index >= 15 is 0 Å². The van der Waals surface area contributed by atoms with Crippen LogP contribution in [0.2, 0.25) is 0 Å². The summed E-state index contributed by atoms with van der Waals surface area (Å²) in [5, 5.41) is 6.84. The van der Waals surface area contributed by atoms with Crippen LogP contribution >= 0.6 is 0 Å². The highest BCUT2D eigenvalue weighted by Gasteiger charge is 2.32. The lowest BCUT2D eigenvalue weighted by atomic mass is 10.0. The Hall–Kier alpha value is -2.78. The summed E-state index contributed by atoms with van der Waals surface area (Å²) in [4.78, 5) is 32.9. The first-order valence-corrected chi connectivity index (χ1v) is 13.7. The maximum atomic E-state index is 12.5. The van der Waals surface area contributed by atoms with Crippen LogP contribution in [-0.2, 0) is 9.59 Å². The fraction of sp³-hybridized carbons (Fsp3) is 0.533. The maximum absolute atomic E-state index is 12.5. The summed E-state index contributed by atoms with van der Waals surface area (Å²) >= 11 is 0. The van der Waals surface area contributed by atoms with Crippen LogP contribution in [0, 0.1) is 0 Å². The van der Waals surface area contributed by atoms with Crippen molar-refractivity contribution in [3.8, 4) is 0 Å². The third kappa shape index (κ3) is 8.11. The average molecular weight is 523 g/mol. The summed E-state index contributed by atoms with van der Waals surface area (Å²) in [6, 6.07) is 20.6. The lowest BCUT2D eigenvalue weighted by molar-refractivity contribution is -0.136. The molecule has 2 saturated heterocycles. The Morgan fingerprint density at radius 2 is 1.03 bits per heavy atom. The van der Waals surface area contributed by atoms with Crippen LogP contribution < -0.4 is 10.6 Å². The zero-order valence-corrected chi connectivity index (χ0v) is 23.9. The summed E-state index contributed by atoms with van der Waals surface area (Å²) < 4.78 is 0. The molecule has 4 rings (SSSR count). The van der Waals surface area contributed by atoms with Gasteiger partial charge in [0.05, 0.1) is 0 Å². The molecule has 2 heterocycles. The molecular formula is C30H46N6O2. The normalized spacial score (nSPS) is 21.9. The van der Waals surface area contributed by atoms with Gasteiger partial charge in [-0.3, -0.25) is 19.4 Å². The lowest BCUT2D eigenvalue weighted by Crippen LogP contribution is -2.53. The number of nitrogens with one attached hydrogen (secondary N) is 2. The Morgan fingerprint density at radius 1 is 0.684 bits per heavy atom. The highest BCUT2D eigenvalue weighted by molar-refractivity contribution is 5.83. The standard InChI is InChI=1S/2C15H23N3O/c2*1-12-11-18(10-9-16-12)14(15(19)17(2)3)13-7-5-4-6-8-13/h2*4-8,12,14,16H,9-11H2,1-3H3/t12-,14+;12-,14-/m11/s1. The maximum Gasteiger partial charge on any atom is 0.244 e. The number of likely N-dealkylation sites (N-methyl/N-ethyl adjacent to an activating group) is 2. The predicted molar refractivity (Wildman–Crippen MR) is 154 cm³/mol. The fourth-order valence-electron chi connectivity index (χ4n) is 5.17. The minimum absolute atomic E-state index is 0.153. The van der Waals surface area contributed by atoms with Crippen molar-refractivity contribution in [1.29, 1.82) is 0 Å². The van der Waals surface area contributed by atoms with Gasteiger partial charge in [0.15, 0.2) is 0 Å². The topological polar surface area (TPSA) is 71.2 Å². The molecule has 0 saturated carbocycles. The van der Waals surface area contributed by atoms with E-state index in [9.17, 15) is 9.59 Å². The molecule has 0 aromatic heterocycles. The van der Waals surface area contributed by atoms with E-state index in [1.54, 1.807) is 9.80 Å². The molecule has 2 aromatic rings. The van der Waals surface area contributed by atoms with Gasteiger partial charge in [0.2, 0.25) is 11.8 Å². The van der Waals surface area contributed by atoms with Crippen LogP contribution in [-0.4, -0.2) is 111 Å². The molecule has 2 aromatic carbocycles. The summed E-state index contributed by atoms with van der Waals surface area (Å²) in [7, 11) is 7.29. The lowest BCUT2D eigenvalue weighted by Gasteiger charge is -2.38. The van der Waals surface area contributed by atoms with Crippen molar-refractivity contribution < 1.29 is 9.59 Å². The number of carbonyl (C=O) groups excluding carboxylic acids is 2. The van der Waals surface area contributed by atoms with Crippen LogP contribution in [0.15, 0.2) is 60.7 Å². The number of carbonyl (C=O) groups is 2. The number of hydrogen-bond acceptors (Lipinski definition) is 6. The minimum atomic E-state index is -0.166. The van der Waals surface area contributed by atoms with Crippen molar-refractivity contribution in [3.05, 3.63) is 71.8 Å². The molecular weight excluding hydrogens is 476 g/mol. The summed E-state index contributed by atoms with van der Waals surface area (Å²) in [6.07, 6.45) is 0. The van der Waals surface area contributed by atoms with Gasteiger partial charge >= 0.3 is 0 Å². The van der Waals surface area contributed by atoms with Gasteiger partial charge in [0, 0.05) is 79.5 Å². The highest BCUT2D eigenvalue weighted by atomic mass is 16.2. The van der Waals surface area contributed by atoms with Crippen molar-refractivity contribution in [2.24, 2.45) is 0 Å². The SMILES string of the molecule is C[C@@H]1CN([C@@H](C(=O)N(C)C)c2ccccc2)CCN1.C[C@@H]1CN([C@H](C(=O)N(C)C)c2ccccc2)CCN1. The number of rotatable bonds is 6. The average Bonchev–Trinajstić information content (AvgIpc) is 2.90. The molecule has 2 N–H and O–H groups in total. The first-order chi connectivity index (χ1) is 18.2. The number of hydrogen-bond donors (Lipinski definition) is 2. The Bertz CT molecular complexity index is 919. The van der Waals surface area contributed by atoms with Gasteiger partial charge in [-0.15, -0.1) is 0 Å². The van der Waals surface area contributed by atoms with Gasteiger partial charge in [0.1, 0.15) is 12.1 Å². The molecule has 0 spiro atoms. The van der Waals surface area contributed by atoms with E-state index in [0.29, 0.717) is 12.1 Å². The van der Waals surface area contributed by atoms with Crippen LogP contribution in [0.5, 0.6) is 0 Å². The smallest absolute Gasteiger partial charge is 0.244 e. The second kappa shape index (κ2) is 14.4. The molecule has 8 nitrogen and oxygen atoms in total. The first-order valence-electron chi connectivity index (χ1n) is 13.7. The molecule has 2 aliphatic rings. The van der Waals surface area contributed by atoms with Crippen LogP contribution in [0.25, 0.3) is 0 Å². The highest BCUT2D eigenvalue weighted by Crippen LogP contribution is 2.25. The zero-order chi connectivity index (χ0) is 27.7.